The van der Waals surface area contributed by atoms with E-state index in [0.717, 1.165) is 66.2 Å². The third-order valence-corrected chi connectivity index (χ3v) is 6.74. The highest BCUT2D eigenvalue weighted by atomic mass is 16.5. The number of aromatic nitrogens is 2. The van der Waals surface area contributed by atoms with Gasteiger partial charge in [0.25, 0.3) is 0 Å². The van der Waals surface area contributed by atoms with Crippen molar-refractivity contribution in [1.29, 1.82) is 0 Å². The molecule has 2 atom stereocenters. The zero-order valence-electron chi connectivity index (χ0n) is 20.9. The lowest BCUT2D eigenvalue weighted by atomic mass is 9.98. The van der Waals surface area contributed by atoms with Crippen LogP contribution in [0.5, 0.6) is 5.75 Å². The van der Waals surface area contributed by atoms with E-state index < -0.39 is 5.97 Å². The number of ether oxygens (including phenoxy) is 1. The minimum absolute atomic E-state index is 0.128. The van der Waals surface area contributed by atoms with Crippen LogP contribution in [0.25, 0.3) is 11.4 Å². The number of benzene rings is 2. The van der Waals surface area contributed by atoms with E-state index in [-0.39, 0.29) is 18.4 Å². The predicted molar refractivity (Wildman–Crippen MR) is 138 cm³/mol. The second-order valence-corrected chi connectivity index (χ2v) is 9.44. The summed E-state index contributed by atoms with van der Waals surface area (Å²) >= 11 is 0. The van der Waals surface area contributed by atoms with Gasteiger partial charge in [0.1, 0.15) is 5.75 Å². The van der Waals surface area contributed by atoms with Gasteiger partial charge in [-0.05, 0) is 86.9 Å². The van der Waals surface area contributed by atoms with Gasteiger partial charge in [-0.15, -0.1) is 0 Å². The first-order valence-corrected chi connectivity index (χ1v) is 12.6. The van der Waals surface area contributed by atoms with E-state index in [2.05, 4.69) is 55.3 Å². The van der Waals surface area contributed by atoms with Gasteiger partial charge in [-0.1, -0.05) is 36.8 Å². The van der Waals surface area contributed by atoms with Crippen molar-refractivity contribution in [2.75, 3.05) is 13.2 Å². The first kappa shape index (κ1) is 24.9. The third-order valence-electron chi connectivity index (χ3n) is 6.74. The zero-order valence-corrected chi connectivity index (χ0v) is 20.9. The molecule has 6 nitrogen and oxygen atoms in total. The summed E-state index contributed by atoms with van der Waals surface area (Å²) in [6.07, 6.45) is 5.77. The fourth-order valence-corrected chi connectivity index (χ4v) is 4.90. The number of carboxylic acids is 1. The highest BCUT2D eigenvalue weighted by Gasteiger charge is 2.25. The average molecular weight is 474 g/mol. The molecule has 2 N–H and O–H groups in total. The molecule has 1 aliphatic carbocycles. The van der Waals surface area contributed by atoms with Gasteiger partial charge < -0.3 is 15.2 Å². The molecule has 0 spiro atoms. The quantitative estimate of drug-likeness (QED) is 0.344. The summed E-state index contributed by atoms with van der Waals surface area (Å²) < 4.78 is 6.00. The molecular weight excluding hydrogens is 438 g/mol. The Morgan fingerprint density at radius 2 is 2.09 bits per heavy atom. The summed E-state index contributed by atoms with van der Waals surface area (Å²) in [4.78, 5) is 20.6. The smallest absolute Gasteiger partial charge is 0.303 e. The van der Waals surface area contributed by atoms with Crippen LogP contribution >= 0.6 is 0 Å². The molecule has 0 bridgehead atoms. The van der Waals surface area contributed by atoms with Gasteiger partial charge in [-0.2, -0.15) is 0 Å². The molecule has 1 aliphatic rings. The van der Waals surface area contributed by atoms with Crippen LogP contribution in [-0.2, 0) is 11.2 Å². The number of hydrogen-bond acceptors (Lipinski definition) is 5. The van der Waals surface area contributed by atoms with E-state index in [1.807, 2.05) is 24.4 Å². The number of carbonyl (C=O) groups is 1. The molecule has 2 aromatic carbocycles. The Hall–Kier alpha value is -3.25. The van der Waals surface area contributed by atoms with Crippen molar-refractivity contribution in [3.63, 3.8) is 0 Å². The minimum Gasteiger partial charge on any atom is -0.494 e. The van der Waals surface area contributed by atoms with E-state index in [4.69, 9.17) is 14.8 Å². The molecule has 0 saturated heterocycles. The summed E-state index contributed by atoms with van der Waals surface area (Å²) in [5.74, 6) is 1.02. The monoisotopic (exact) mass is 473 g/mol. The van der Waals surface area contributed by atoms with Crippen LogP contribution in [0.2, 0.25) is 0 Å². The summed E-state index contributed by atoms with van der Waals surface area (Å²) in [6.45, 7) is 7.77. The van der Waals surface area contributed by atoms with Crippen LogP contribution in [0.1, 0.15) is 72.5 Å². The Morgan fingerprint density at radius 3 is 2.86 bits per heavy atom. The van der Waals surface area contributed by atoms with Gasteiger partial charge in [0.15, 0.2) is 5.82 Å². The highest BCUT2D eigenvalue weighted by Crippen LogP contribution is 2.37. The maximum absolute atomic E-state index is 11.1. The van der Waals surface area contributed by atoms with Gasteiger partial charge in [0.05, 0.1) is 18.7 Å². The number of aryl methyl sites for hydroxylation is 3. The molecule has 3 aromatic rings. The van der Waals surface area contributed by atoms with Crippen molar-refractivity contribution in [2.24, 2.45) is 0 Å². The largest absolute Gasteiger partial charge is 0.494 e. The number of carboxylic acid groups (broad SMARTS) is 1. The normalized spacial score (nSPS) is 15.6. The standard InChI is InChI=1S/C29H35N3O3/c1-4-26(28-20(3)18-31-29(32-28)23-8-5-7-19(2)15-23)30-13-6-14-35-24-11-12-25-21(16-24)9-10-22(25)17-27(33)34/h5,7-8,11-12,15-16,18,22,26,30H,4,6,9-10,13-14,17H2,1-3H3,(H,33,34)/t22-,26?/m0/s1. The third kappa shape index (κ3) is 6.25. The number of aliphatic carboxylic acids is 1. The fourth-order valence-electron chi connectivity index (χ4n) is 4.90. The lowest BCUT2D eigenvalue weighted by molar-refractivity contribution is -0.137. The highest BCUT2D eigenvalue weighted by molar-refractivity contribution is 5.68. The molecule has 6 heteroatoms. The number of rotatable bonds is 11. The molecule has 4 rings (SSSR count). The lowest BCUT2D eigenvalue weighted by Gasteiger charge is -2.19. The summed E-state index contributed by atoms with van der Waals surface area (Å²) in [5.41, 5.74) is 6.77. The first-order valence-electron chi connectivity index (χ1n) is 12.6. The topological polar surface area (TPSA) is 84.3 Å². The molecule has 1 unspecified atom stereocenters. The summed E-state index contributed by atoms with van der Waals surface area (Å²) in [5, 5.41) is 12.7. The van der Waals surface area contributed by atoms with Crippen LogP contribution < -0.4 is 10.1 Å². The van der Waals surface area contributed by atoms with Crippen molar-refractivity contribution < 1.29 is 14.6 Å². The molecule has 0 radical (unpaired) electrons. The van der Waals surface area contributed by atoms with Crippen LogP contribution in [0.3, 0.4) is 0 Å². The molecule has 35 heavy (non-hydrogen) atoms. The maximum atomic E-state index is 11.1. The Bertz CT molecular complexity index is 1180. The molecular formula is C29H35N3O3. The van der Waals surface area contributed by atoms with Gasteiger partial charge in [-0.25, -0.2) is 9.97 Å². The predicted octanol–water partition coefficient (Wildman–Crippen LogP) is 5.77. The van der Waals surface area contributed by atoms with Crippen LogP contribution in [0.4, 0.5) is 0 Å². The van der Waals surface area contributed by atoms with E-state index in [1.165, 1.54) is 11.1 Å². The molecule has 0 amide bonds. The summed E-state index contributed by atoms with van der Waals surface area (Å²) in [6, 6.07) is 14.5. The number of hydrogen-bond donors (Lipinski definition) is 2. The van der Waals surface area contributed by atoms with Gasteiger partial charge in [0.2, 0.25) is 0 Å². The van der Waals surface area contributed by atoms with Crippen molar-refractivity contribution in [1.82, 2.24) is 15.3 Å². The number of fused-ring (bicyclic) bond motifs is 1. The summed E-state index contributed by atoms with van der Waals surface area (Å²) in [7, 11) is 0. The van der Waals surface area contributed by atoms with Crippen LogP contribution in [0, 0.1) is 13.8 Å². The first-order chi connectivity index (χ1) is 16.9. The average Bonchev–Trinajstić information content (AvgIpc) is 3.23. The molecule has 0 fully saturated rings. The van der Waals surface area contributed by atoms with Gasteiger partial charge in [0, 0.05) is 17.8 Å². The fraction of sp³-hybridized carbons (Fsp3) is 0.414. The van der Waals surface area contributed by atoms with E-state index >= 15 is 0 Å². The Kier molecular flexibility index (Phi) is 8.13. The minimum atomic E-state index is -0.732. The van der Waals surface area contributed by atoms with E-state index in [9.17, 15) is 4.79 Å². The molecule has 1 heterocycles. The Labute approximate surface area is 207 Å². The maximum Gasteiger partial charge on any atom is 0.303 e. The van der Waals surface area contributed by atoms with E-state index in [0.29, 0.717) is 6.61 Å². The SMILES string of the molecule is CCC(NCCCOc1ccc2c(c1)CC[C@H]2CC(=O)O)c1nc(-c2cccc(C)c2)ncc1C. The zero-order chi connectivity index (χ0) is 24.8. The van der Waals surface area contributed by atoms with Crippen molar-refractivity contribution in [3.8, 4) is 17.1 Å². The van der Waals surface area contributed by atoms with E-state index in [1.54, 1.807) is 0 Å². The molecule has 0 saturated carbocycles. The molecule has 0 aliphatic heterocycles. The van der Waals surface area contributed by atoms with Crippen molar-refractivity contribution in [3.05, 3.63) is 76.6 Å². The van der Waals surface area contributed by atoms with Crippen molar-refractivity contribution in [2.45, 2.75) is 64.8 Å². The molecule has 1 aromatic heterocycles. The van der Waals surface area contributed by atoms with Crippen molar-refractivity contribution >= 4 is 5.97 Å². The second kappa shape index (κ2) is 11.5. The second-order valence-electron chi connectivity index (χ2n) is 9.44. The van der Waals surface area contributed by atoms with Gasteiger partial charge in [-0.3, -0.25) is 4.79 Å². The Balaban J connectivity index is 1.30. The van der Waals surface area contributed by atoms with Crippen LogP contribution in [0.15, 0.2) is 48.7 Å². The van der Waals surface area contributed by atoms with Gasteiger partial charge >= 0.3 is 5.97 Å². The molecule has 184 valence electrons. The van der Waals surface area contributed by atoms with Crippen LogP contribution in [-0.4, -0.2) is 34.2 Å². The lowest BCUT2D eigenvalue weighted by Crippen LogP contribution is -2.25. The Morgan fingerprint density at radius 1 is 1.23 bits per heavy atom. The number of nitrogens with one attached hydrogen (secondary N) is 1. The number of nitrogens with zero attached hydrogens (tertiary/aromatic N) is 2.